The molecular weight excluding hydrogens is 298 g/mol. The Morgan fingerprint density at radius 2 is 1.92 bits per heavy atom. The summed E-state index contributed by atoms with van der Waals surface area (Å²) in [6.45, 7) is 1.55. The molecule has 0 saturated carbocycles. The van der Waals surface area contributed by atoms with Gasteiger partial charge in [0.05, 0.1) is 0 Å². The van der Waals surface area contributed by atoms with Crippen LogP contribution in [-0.4, -0.2) is 31.6 Å². The second-order valence-electron chi connectivity index (χ2n) is 1.84. The van der Waals surface area contributed by atoms with Crippen LogP contribution < -0.4 is 24.8 Å². The Labute approximate surface area is 104 Å². The molecule has 12 heavy (non-hydrogen) atoms. The van der Waals surface area contributed by atoms with Gasteiger partial charge in [0.25, 0.3) is 0 Å². The third-order valence-corrected chi connectivity index (χ3v) is 1.12. The molecule has 0 bridgehead atoms. The van der Waals surface area contributed by atoms with Crippen molar-refractivity contribution in [3.63, 3.8) is 0 Å². The van der Waals surface area contributed by atoms with Crippen molar-refractivity contribution in [2.24, 2.45) is 0 Å². The molecule has 0 aromatic heterocycles. The first-order valence-corrected chi connectivity index (χ1v) is 2.78. The van der Waals surface area contributed by atoms with Crippen molar-refractivity contribution in [2.45, 2.75) is 6.92 Å². The summed E-state index contributed by atoms with van der Waals surface area (Å²) in [6, 6.07) is 0. The largest absolute Gasteiger partial charge is 1.00 e. The van der Waals surface area contributed by atoms with E-state index in [4.69, 9.17) is 0 Å². The van der Waals surface area contributed by atoms with Crippen LogP contribution in [0.3, 0.4) is 0 Å². The third kappa shape index (κ3) is 5.96. The Morgan fingerprint density at radius 3 is 2.17 bits per heavy atom. The second kappa shape index (κ2) is 9.47. The maximum Gasteiger partial charge on any atom is 0.156 e. The van der Waals surface area contributed by atoms with Crippen LogP contribution in [0, 0.1) is 6.42 Å². The fraction of sp³-hybridized carbons (Fsp3) is 0.125. The van der Waals surface area contributed by atoms with E-state index >= 15 is 0 Å². The second-order valence-corrected chi connectivity index (χ2v) is 1.84. The molecule has 4 heteroatoms. The molecule has 0 saturated heterocycles. The van der Waals surface area contributed by atoms with Crippen LogP contribution in [0.25, 0.3) is 0 Å². The van der Waals surface area contributed by atoms with Gasteiger partial charge in [0.1, 0.15) is 0 Å². The molecule has 0 fully saturated rings. The standard InChI is InChI=1S/C8H7O.2ClH.In/c1-7(9)8-5-3-2-4-6-8;;;/h3-6H,1H3;2*1H;/p-2. The van der Waals surface area contributed by atoms with E-state index in [0.717, 1.165) is 5.57 Å². The molecule has 1 aliphatic rings. The fourth-order valence-electron chi connectivity index (χ4n) is 0.622. The van der Waals surface area contributed by atoms with Gasteiger partial charge < -0.3 is 24.8 Å². The molecule has 0 unspecified atom stereocenters. The maximum absolute atomic E-state index is 10.6. The number of hydrogen-bond acceptors (Lipinski definition) is 1. The number of carbonyl (C=O) groups excluding carboxylic acids is 1. The van der Waals surface area contributed by atoms with Gasteiger partial charge in [-0.1, -0.05) is 0 Å². The molecule has 0 spiro atoms. The van der Waals surface area contributed by atoms with Gasteiger partial charge in [0.2, 0.25) is 0 Å². The van der Waals surface area contributed by atoms with Gasteiger partial charge in [0.15, 0.2) is 5.78 Å². The quantitative estimate of drug-likeness (QED) is 0.444. The number of ketones is 1. The van der Waals surface area contributed by atoms with Crippen LogP contribution in [-0.2, 0) is 4.79 Å². The minimum atomic E-state index is 0. The number of carbonyl (C=O) groups is 1. The molecule has 0 aromatic carbocycles. The summed E-state index contributed by atoms with van der Waals surface area (Å²) in [5.74, 6) is 0.101. The van der Waals surface area contributed by atoms with Crippen LogP contribution >= 0.6 is 0 Å². The molecular formula is C8H7Cl2InO-2. The van der Waals surface area contributed by atoms with E-state index in [2.05, 4.69) is 5.73 Å². The Kier molecular flexibility index (Phi) is 14.4. The molecule has 1 aliphatic carbocycles. The number of allylic oxidation sites excluding steroid dienone is 3. The monoisotopic (exact) mass is 304 g/mol. The SMILES string of the molecule is CC(=O)C1=CC=C=C[CH]1.[Cl-].[Cl-].[In]. The number of rotatable bonds is 1. The summed E-state index contributed by atoms with van der Waals surface area (Å²) in [6.07, 6.45) is 6.97. The predicted octanol–water partition coefficient (Wildman–Crippen LogP) is -4.94. The molecule has 0 aromatic rings. The van der Waals surface area contributed by atoms with Gasteiger partial charge in [-0.2, -0.15) is 0 Å². The number of Topliss-reactive ketones (excluding diaryl/α,β-unsaturated/α-hetero) is 1. The maximum atomic E-state index is 10.6. The van der Waals surface area contributed by atoms with E-state index in [9.17, 15) is 4.79 Å². The average Bonchev–Trinajstić information content (AvgIpc) is 1.90. The van der Waals surface area contributed by atoms with Crippen molar-refractivity contribution in [1.29, 1.82) is 0 Å². The molecule has 4 radical (unpaired) electrons. The Hall–Kier alpha value is 0.380. The predicted molar refractivity (Wildman–Crippen MR) is 41.5 cm³/mol. The minimum Gasteiger partial charge on any atom is -1.00 e. The van der Waals surface area contributed by atoms with E-state index in [1.807, 2.05) is 0 Å². The first-order valence-electron chi connectivity index (χ1n) is 2.78. The van der Waals surface area contributed by atoms with Gasteiger partial charge in [-0.25, -0.2) is 0 Å². The van der Waals surface area contributed by atoms with Crippen molar-refractivity contribution in [3.8, 4) is 0 Å². The van der Waals surface area contributed by atoms with E-state index in [0.29, 0.717) is 0 Å². The Morgan fingerprint density at radius 1 is 1.33 bits per heavy atom. The molecule has 0 heterocycles. The first-order chi connectivity index (χ1) is 4.30. The number of hydrogen-bond donors (Lipinski definition) is 0. The van der Waals surface area contributed by atoms with Gasteiger partial charge in [-0.05, 0) is 25.2 Å². The third-order valence-electron chi connectivity index (χ3n) is 1.12. The smallest absolute Gasteiger partial charge is 0.156 e. The molecule has 64 valence electrons. The van der Waals surface area contributed by atoms with Crippen molar-refractivity contribution < 1.29 is 29.6 Å². The van der Waals surface area contributed by atoms with E-state index in [-0.39, 0.29) is 56.4 Å². The summed E-state index contributed by atoms with van der Waals surface area (Å²) in [5.41, 5.74) is 3.58. The zero-order valence-electron chi connectivity index (χ0n) is 6.55. The van der Waals surface area contributed by atoms with Gasteiger partial charge in [-0.15, -0.1) is 5.73 Å². The zero-order valence-corrected chi connectivity index (χ0v) is 11.4. The summed E-state index contributed by atoms with van der Waals surface area (Å²) in [7, 11) is 0. The van der Waals surface area contributed by atoms with Crippen LogP contribution in [0.4, 0.5) is 0 Å². The van der Waals surface area contributed by atoms with Gasteiger partial charge in [0, 0.05) is 37.8 Å². The Balaban J connectivity index is -0.000000270. The van der Waals surface area contributed by atoms with E-state index in [1.54, 1.807) is 31.6 Å². The van der Waals surface area contributed by atoms with E-state index in [1.165, 1.54) is 0 Å². The van der Waals surface area contributed by atoms with Crippen LogP contribution in [0.2, 0.25) is 0 Å². The van der Waals surface area contributed by atoms with Gasteiger partial charge >= 0.3 is 0 Å². The fourth-order valence-corrected chi connectivity index (χ4v) is 0.622. The molecule has 0 amide bonds. The normalized spacial score (nSPS) is 11.6. The summed E-state index contributed by atoms with van der Waals surface area (Å²) in [4.78, 5) is 10.6. The first kappa shape index (κ1) is 18.2. The van der Waals surface area contributed by atoms with Crippen LogP contribution in [0.5, 0.6) is 0 Å². The molecule has 0 N–H and O–H groups in total. The summed E-state index contributed by atoms with van der Waals surface area (Å²) >= 11 is 0. The summed E-state index contributed by atoms with van der Waals surface area (Å²) in [5, 5.41) is 0. The van der Waals surface area contributed by atoms with Crippen molar-refractivity contribution in [2.75, 3.05) is 0 Å². The number of halogens is 2. The van der Waals surface area contributed by atoms with Crippen molar-refractivity contribution in [3.05, 3.63) is 36.0 Å². The van der Waals surface area contributed by atoms with Crippen molar-refractivity contribution in [1.82, 2.24) is 0 Å². The van der Waals surface area contributed by atoms with E-state index < -0.39 is 0 Å². The summed E-state index contributed by atoms with van der Waals surface area (Å²) < 4.78 is 0. The zero-order chi connectivity index (χ0) is 6.69. The average molecular weight is 305 g/mol. The molecule has 0 aliphatic heterocycles. The van der Waals surface area contributed by atoms with Gasteiger partial charge in [-0.3, -0.25) is 4.79 Å². The molecule has 1 nitrogen and oxygen atoms in total. The van der Waals surface area contributed by atoms with Crippen LogP contribution in [0.1, 0.15) is 6.92 Å². The Bertz CT molecular complexity index is 227. The van der Waals surface area contributed by atoms with Crippen molar-refractivity contribution >= 4 is 31.6 Å². The molecule has 1 rings (SSSR count). The molecule has 0 atom stereocenters. The minimum absolute atomic E-state index is 0. The topological polar surface area (TPSA) is 17.1 Å². The van der Waals surface area contributed by atoms with Crippen LogP contribution in [0.15, 0.2) is 29.5 Å².